The molecule has 0 spiro atoms. The molecule has 0 heterocycles. The van der Waals surface area contributed by atoms with Crippen molar-refractivity contribution in [2.75, 3.05) is 34.7 Å². The van der Waals surface area contributed by atoms with Crippen molar-refractivity contribution in [2.24, 2.45) is 0 Å². The Labute approximate surface area is 121 Å². The largest absolute Gasteiger partial charge is 0.480 e. The molecule has 1 amide bonds. The minimum atomic E-state index is -5.17. The number of hydrogen-bond acceptors (Lipinski definition) is 5. The second-order valence-corrected chi connectivity index (χ2v) is 6.09. The molecule has 0 aromatic carbocycles. The van der Waals surface area contributed by atoms with E-state index in [-0.39, 0.29) is 4.90 Å². The first kappa shape index (κ1) is 19.3. The lowest BCUT2D eigenvalue weighted by atomic mass is 10.4. The summed E-state index contributed by atoms with van der Waals surface area (Å²) in [7, 11) is 4.63. The molecular formula is C9H17F3N3O3PS. The molecule has 0 aliphatic carbocycles. The van der Waals surface area contributed by atoms with Crippen LogP contribution in [0.2, 0.25) is 0 Å². The number of hydrogen-bond donors (Lipinski definition) is 1. The van der Waals surface area contributed by atoms with Crippen molar-refractivity contribution in [1.29, 1.82) is 0 Å². The molecule has 1 N–H and O–H groups in total. The van der Waals surface area contributed by atoms with Crippen LogP contribution < -0.4 is 0 Å². The van der Waals surface area contributed by atoms with Gasteiger partial charge in [0.1, 0.15) is 6.54 Å². The Kier molecular flexibility index (Phi) is 6.60. The zero-order chi connectivity index (χ0) is 16.3. The van der Waals surface area contributed by atoms with Gasteiger partial charge >= 0.3 is 18.1 Å². The maximum Gasteiger partial charge on any atom is 0.471 e. The zero-order valence-corrected chi connectivity index (χ0v) is 13.4. The second kappa shape index (κ2) is 6.84. The summed E-state index contributed by atoms with van der Waals surface area (Å²) in [5, 5.41) is 8.80. The molecule has 0 bridgehead atoms. The van der Waals surface area contributed by atoms with E-state index in [4.69, 9.17) is 16.9 Å². The average molecular weight is 335 g/mol. The number of carbonyl (C=O) groups excluding carboxylic acids is 1. The minimum absolute atomic E-state index is 0.262. The monoisotopic (exact) mass is 335 g/mol. The fraction of sp³-hybridized carbons (Fsp3) is 0.778. The van der Waals surface area contributed by atoms with Gasteiger partial charge in [-0.15, -0.1) is 0 Å². The van der Waals surface area contributed by atoms with Crippen LogP contribution in [0.15, 0.2) is 0 Å². The normalized spacial score (nSPS) is 13.4. The predicted molar refractivity (Wildman–Crippen MR) is 72.6 cm³/mol. The summed E-state index contributed by atoms with van der Waals surface area (Å²) in [5.41, 5.74) is -1.58. The SMILES string of the molecule is CN(C)C([PH2]=S)(N(C)C)N(CC(=O)O)C(=O)C(F)(F)F. The number of alkyl halides is 3. The maximum atomic E-state index is 12.7. The topological polar surface area (TPSA) is 64.1 Å². The number of amides is 1. The molecule has 6 nitrogen and oxygen atoms in total. The Bertz CT molecular complexity index is 396. The van der Waals surface area contributed by atoms with Crippen LogP contribution in [0.1, 0.15) is 0 Å². The van der Waals surface area contributed by atoms with Gasteiger partial charge in [-0.1, -0.05) is 11.8 Å². The van der Waals surface area contributed by atoms with Gasteiger partial charge in [-0.2, -0.15) is 13.2 Å². The van der Waals surface area contributed by atoms with Crippen molar-refractivity contribution < 1.29 is 27.9 Å². The molecule has 1 atom stereocenters. The zero-order valence-electron chi connectivity index (χ0n) is 11.4. The summed E-state index contributed by atoms with van der Waals surface area (Å²) in [6.45, 7) is -1.08. The van der Waals surface area contributed by atoms with E-state index in [1.807, 2.05) is 0 Å². The van der Waals surface area contributed by atoms with E-state index in [1.165, 1.54) is 38.0 Å². The Balaban J connectivity index is 5.98. The van der Waals surface area contributed by atoms with Gasteiger partial charge in [-0.25, -0.2) is 0 Å². The molecule has 11 heteroatoms. The predicted octanol–water partition coefficient (Wildman–Crippen LogP) is 0.0691. The number of carbonyl (C=O) groups is 2. The van der Waals surface area contributed by atoms with Gasteiger partial charge < -0.3 is 5.11 Å². The van der Waals surface area contributed by atoms with Crippen molar-refractivity contribution in [3.63, 3.8) is 0 Å². The third-order valence-electron chi connectivity index (χ3n) is 2.65. The first-order valence-electron chi connectivity index (χ1n) is 5.33. The van der Waals surface area contributed by atoms with Crippen LogP contribution in [0.4, 0.5) is 13.2 Å². The number of carboxylic acid groups (broad SMARTS) is 1. The fourth-order valence-electron chi connectivity index (χ4n) is 1.78. The van der Waals surface area contributed by atoms with Gasteiger partial charge in [0.2, 0.25) is 0 Å². The van der Waals surface area contributed by atoms with Crippen LogP contribution in [-0.2, 0) is 21.4 Å². The number of aliphatic carboxylic acids is 1. The Morgan fingerprint density at radius 2 is 1.55 bits per heavy atom. The lowest BCUT2D eigenvalue weighted by Crippen LogP contribution is -2.67. The van der Waals surface area contributed by atoms with Gasteiger partial charge in [0.05, 0.1) is 0 Å². The lowest BCUT2D eigenvalue weighted by molar-refractivity contribution is -0.201. The molecule has 0 rings (SSSR count). The van der Waals surface area contributed by atoms with Gasteiger partial charge in [0.15, 0.2) is 5.53 Å². The summed E-state index contributed by atoms with van der Waals surface area (Å²) in [4.78, 5) is 25.3. The lowest BCUT2D eigenvalue weighted by Gasteiger charge is -2.49. The molecule has 0 saturated heterocycles. The smallest absolute Gasteiger partial charge is 0.471 e. The van der Waals surface area contributed by atoms with Crippen molar-refractivity contribution in [3.8, 4) is 0 Å². The average Bonchev–Trinajstić information content (AvgIpc) is 2.25. The Morgan fingerprint density at radius 3 is 1.75 bits per heavy atom. The van der Waals surface area contributed by atoms with Crippen molar-refractivity contribution in [1.82, 2.24) is 14.7 Å². The van der Waals surface area contributed by atoms with Crippen molar-refractivity contribution >= 4 is 31.0 Å². The molecule has 0 fully saturated rings. The fourth-order valence-corrected chi connectivity index (χ4v) is 4.19. The highest BCUT2D eigenvalue weighted by molar-refractivity contribution is 7.97. The minimum Gasteiger partial charge on any atom is -0.480 e. The third kappa shape index (κ3) is 3.91. The van der Waals surface area contributed by atoms with Crippen LogP contribution >= 0.6 is 7.36 Å². The molecule has 118 valence electrons. The Morgan fingerprint density at radius 1 is 1.15 bits per heavy atom. The number of nitrogens with zero attached hydrogens (tertiary/aromatic N) is 3. The number of rotatable bonds is 6. The molecule has 0 radical (unpaired) electrons. The third-order valence-corrected chi connectivity index (χ3v) is 5.26. The summed E-state index contributed by atoms with van der Waals surface area (Å²) in [6, 6.07) is 0. The van der Waals surface area contributed by atoms with Gasteiger partial charge in [0, 0.05) is 0 Å². The maximum absolute atomic E-state index is 12.7. The van der Waals surface area contributed by atoms with Crippen molar-refractivity contribution in [3.05, 3.63) is 0 Å². The molecule has 0 aromatic heterocycles. The van der Waals surface area contributed by atoms with E-state index in [0.29, 0.717) is 0 Å². The molecule has 20 heavy (non-hydrogen) atoms. The molecule has 0 aliphatic heterocycles. The first-order valence-corrected chi connectivity index (χ1v) is 7.79. The van der Waals surface area contributed by atoms with E-state index >= 15 is 0 Å². The molecule has 0 aromatic rings. The molecule has 0 aliphatic rings. The highest BCUT2D eigenvalue weighted by Gasteiger charge is 2.52. The standard InChI is InChI=1S/C9H17F3N3O3PS/c1-13(2)9(19-20,14(3)4)15(5-6(16)17)7(18)8(10,11)12/h5,19H2,1-4H3,(H,16,17). The Hall–Kier alpha value is -0.700. The number of halogens is 3. The van der Waals surface area contributed by atoms with Crippen LogP contribution in [0.3, 0.4) is 0 Å². The van der Waals surface area contributed by atoms with E-state index in [0.717, 1.165) is 0 Å². The van der Waals surface area contributed by atoms with Gasteiger partial charge in [0.25, 0.3) is 0 Å². The van der Waals surface area contributed by atoms with Crippen LogP contribution in [0.5, 0.6) is 0 Å². The van der Waals surface area contributed by atoms with Gasteiger partial charge in [-0.05, 0) is 35.5 Å². The quantitative estimate of drug-likeness (QED) is 0.547. The molecular weight excluding hydrogens is 318 g/mol. The molecule has 0 saturated carbocycles. The summed E-state index contributed by atoms with van der Waals surface area (Å²) < 4.78 is 38.1. The van der Waals surface area contributed by atoms with Crippen LogP contribution in [-0.4, -0.2) is 78.1 Å². The van der Waals surface area contributed by atoms with Crippen molar-refractivity contribution in [2.45, 2.75) is 11.7 Å². The summed E-state index contributed by atoms with van der Waals surface area (Å²) in [5.74, 6) is -3.77. The molecule has 1 unspecified atom stereocenters. The van der Waals surface area contributed by atoms with Crippen LogP contribution in [0, 0.1) is 0 Å². The van der Waals surface area contributed by atoms with E-state index in [2.05, 4.69) is 0 Å². The van der Waals surface area contributed by atoms with E-state index in [1.54, 1.807) is 0 Å². The number of carboxylic acids is 1. The van der Waals surface area contributed by atoms with Crippen LogP contribution in [0.25, 0.3) is 0 Å². The highest BCUT2D eigenvalue weighted by atomic mass is 32.4. The van der Waals surface area contributed by atoms with E-state index in [9.17, 15) is 22.8 Å². The summed E-state index contributed by atoms with van der Waals surface area (Å²) in [6.07, 6.45) is -5.17. The highest BCUT2D eigenvalue weighted by Crippen LogP contribution is 2.35. The van der Waals surface area contributed by atoms with Gasteiger partial charge in [-0.3, -0.25) is 24.3 Å². The second-order valence-electron chi connectivity index (χ2n) is 4.38. The summed E-state index contributed by atoms with van der Waals surface area (Å²) >= 11 is 4.96. The van der Waals surface area contributed by atoms with E-state index < -0.39 is 37.5 Å². The first-order chi connectivity index (χ1) is 8.91.